The van der Waals surface area contributed by atoms with Crippen molar-refractivity contribution in [1.29, 1.82) is 0 Å². The van der Waals surface area contributed by atoms with E-state index >= 15 is 4.79 Å². The third-order valence-corrected chi connectivity index (χ3v) is 13.7. The zero-order valence-electron chi connectivity index (χ0n) is 36.7. The van der Waals surface area contributed by atoms with Crippen LogP contribution >= 0.6 is 0 Å². The summed E-state index contributed by atoms with van der Waals surface area (Å²) in [5.74, 6) is -7.08. The van der Waals surface area contributed by atoms with Crippen molar-refractivity contribution in [3.05, 3.63) is 119 Å². The molecule has 4 aliphatic rings. The van der Waals surface area contributed by atoms with Crippen LogP contribution in [0.2, 0.25) is 0 Å². The van der Waals surface area contributed by atoms with Crippen LogP contribution in [0.5, 0.6) is 0 Å². The Kier molecular flexibility index (Phi) is 12.5. The summed E-state index contributed by atoms with van der Waals surface area (Å²) >= 11 is 0. The Hall–Kier alpha value is -6.43. The van der Waals surface area contributed by atoms with Crippen LogP contribution in [0, 0.1) is 16.7 Å². The zero-order valence-corrected chi connectivity index (χ0v) is 36.7. The van der Waals surface area contributed by atoms with E-state index in [2.05, 4.69) is 5.32 Å². The Balaban J connectivity index is 1.42. The molecule has 1 aliphatic heterocycles. The van der Waals surface area contributed by atoms with Crippen molar-refractivity contribution >= 4 is 41.7 Å². The number of aliphatic hydroxyl groups is 2. The summed E-state index contributed by atoms with van der Waals surface area (Å²) in [5, 5.41) is 28.6. The van der Waals surface area contributed by atoms with Gasteiger partial charge in [-0.2, -0.15) is 0 Å². The minimum atomic E-state index is -2.45. The molecule has 3 aromatic carbocycles. The summed E-state index contributed by atoms with van der Waals surface area (Å²) in [5.41, 5.74) is -1.89. The highest BCUT2D eigenvalue weighted by Gasteiger charge is 2.78. The number of ether oxygens (including phenoxy) is 6. The normalized spacial score (nSPS) is 30.8. The molecular weight excluding hydrogens is 845 g/mol. The summed E-state index contributed by atoms with van der Waals surface area (Å²) in [7, 11) is 0. The molecule has 17 nitrogen and oxygen atoms in total. The predicted octanol–water partition coefficient (Wildman–Crippen LogP) is 3.84. The van der Waals surface area contributed by atoms with Gasteiger partial charge in [0.15, 0.2) is 17.5 Å². The molecule has 2 bridgehead atoms. The molecule has 1 saturated heterocycles. The SMILES string of the molecule is CC(=O)O[C@H]1C(=O)[C@@]2(C)[C@H]([C@H](OC(=O)c3ccccc3)[C@]3(O)C[C@H](OC(=O)[C@H](OC(N)=O)[C@@H](NC(=O)c4ccccc4)c4ccccc4)C(C)=C1C3(C)C)[C@]1(OC(C)=O)CO[C@@H]1C[C@@H]2O. The maximum Gasteiger partial charge on any atom is 0.405 e. The molecule has 0 aromatic heterocycles. The molecule has 65 heavy (non-hydrogen) atoms. The number of rotatable bonds is 11. The van der Waals surface area contributed by atoms with E-state index < -0.39 is 119 Å². The molecular formula is C48H52N2O15. The summed E-state index contributed by atoms with van der Waals surface area (Å²) in [6, 6.07) is 22.5. The number of ketones is 1. The zero-order chi connectivity index (χ0) is 47.2. The Morgan fingerprint density at radius 1 is 0.831 bits per heavy atom. The number of nitrogens with two attached hydrogens (primary N) is 1. The molecule has 3 aromatic rings. The summed E-state index contributed by atoms with van der Waals surface area (Å²) in [6.07, 6.45) is -12.2. The van der Waals surface area contributed by atoms with Gasteiger partial charge < -0.3 is 49.7 Å². The molecule has 344 valence electrons. The summed E-state index contributed by atoms with van der Waals surface area (Å²) in [4.78, 5) is 97.0. The van der Waals surface area contributed by atoms with Gasteiger partial charge in [0, 0.05) is 37.7 Å². The van der Waals surface area contributed by atoms with Gasteiger partial charge in [-0.15, -0.1) is 0 Å². The number of carbonyl (C=O) groups is 7. The second kappa shape index (κ2) is 17.5. The van der Waals surface area contributed by atoms with Gasteiger partial charge in [0.1, 0.15) is 30.0 Å². The standard InChI is InChI=1S/C48H52N2O15/c1-25-31(62-43(57)37(63-44(49)58)35(28-16-10-7-11-17-28)50-41(55)29-18-12-8-13-19-29)23-48(59)40(64-42(56)30-20-14-9-15-21-30)38-46(6,32(53)22-33-47(38,24-60-33)65-27(3)52)39(54)36(61-26(2)51)34(25)45(48,4)5/h7-21,31-33,35-38,40,53,59H,22-24H2,1-6H3,(H2,49,58)(H,50,55)/t31-,32-,33+,35-,36+,37+,38-,40-,46+,47-,48+/m0/s1. The van der Waals surface area contributed by atoms with E-state index in [9.17, 15) is 39.0 Å². The molecule has 0 spiro atoms. The molecule has 7 rings (SSSR count). The van der Waals surface area contributed by atoms with E-state index in [1.807, 2.05) is 0 Å². The van der Waals surface area contributed by atoms with Crippen LogP contribution in [0.25, 0.3) is 0 Å². The fourth-order valence-electron chi connectivity index (χ4n) is 10.4. The second-order valence-corrected chi connectivity index (χ2v) is 17.8. The first-order valence-electron chi connectivity index (χ1n) is 21.1. The highest BCUT2D eigenvalue weighted by atomic mass is 16.6. The number of aliphatic hydroxyl groups excluding tert-OH is 1. The lowest BCUT2D eigenvalue weighted by Gasteiger charge is -2.67. The number of esters is 4. The van der Waals surface area contributed by atoms with Crippen molar-refractivity contribution in [2.45, 2.75) is 108 Å². The fourth-order valence-corrected chi connectivity index (χ4v) is 10.4. The third kappa shape index (κ3) is 8.05. The molecule has 11 atom stereocenters. The van der Waals surface area contributed by atoms with Crippen molar-refractivity contribution < 1.29 is 72.2 Å². The smallest absolute Gasteiger partial charge is 0.405 e. The minimum absolute atomic E-state index is 0.0442. The van der Waals surface area contributed by atoms with Gasteiger partial charge >= 0.3 is 30.0 Å². The topological polar surface area (TPSA) is 253 Å². The van der Waals surface area contributed by atoms with E-state index in [1.54, 1.807) is 66.7 Å². The van der Waals surface area contributed by atoms with E-state index in [-0.39, 0.29) is 35.3 Å². The number of primary amides is 1. The highest BCUT2D eigenvalue weighted by molar-refractivity contribution is 5.96. The maximum absolute atomic E-state index is 15.6. The maximum atomic E-state index is 15.6. The highest BCUT2D eigenvalue weighted by Crippen LogP contribution is 2.64. The van der Waals surface area contributed by atoms with E-state index in [1.165, 1.54) is 52.0 Å². The van der Waals surface area contributed by atoms with Crippen molar-refractivity contribution in [1.82, 2.24) is 5.32 Å². The van der Waals surface area contributed by atoms with Crippen LogP contribution in [-0.2, 0) is 47.6 Å². The molecule has 1 heterocycles. The largest absolute Gasteiger partial charge is 0.455 e. The van der Waals surface area contributed by atoms with Crippen LogP contribution < -0.4 is 11.1 Å². The number of carbonyl (C=O) groups excluding carboxylic acids is 7. The van der Waals surface area contributed by atoms with Crippen LogP contribution in [-0.4, -0.2) is 106 Å². The van der Waals surface area contributed by atoms with Gasteiger partial charge in [-0.05, 0) is 54.8 Å². The van der Waals surface area contributed by atoms with E-state index in [0.29, 0.717) is 5.56 Å². The third-order valence-electron chi connectivity index (χ3n) is 13.7. The number of amides is 2. The number of benzene rings is 3. The van der Waals surface area contributed by atoms with Crippen molar-refractivity contribution in [3.8, 4) is 0 Å². The summed E-state index contributed by atoms with van der Waals surface area (Å²) < 4.78 is 35.9. The van der Waals surface area contributed by atoms with Crippen LogP contribution in [0.15, 0.2) is 102 Å². The molecule has 2 amide bonds. The molecule has 17 heteroatoms. The molecule has 3 aliphatic carbocycles. The monoisotopic (exact) mass is 896 g/mol. The lowest BCUT2D eigenvalue weighted by atomic mass is 9.44. The van der Waals surface area contributed by atoms with Gasteiger partial charge in [-0.3, -0.25) is 19.2 Å². The first-order chi connectivity index (χ1) is 30.7. The Morgan fingerprint density at radius 3 is 1.95 bits per heavy atom. The quantitative estimate of drug-likeness (QED) is 0.121. The first-order valence-corrected chi connectivity index (χ1v) is 21.1. The lowest BCUT2D eigenvalue weighted by Crippen LogP contribution is -2.82. The van der Waals surface area contributed by atoms with Gasteiger partial charge in [-0.1, -0.05) is 80.6 Å². The van der Waals surface area contributed by atoms with Crippen LogP contribution in [0.3, 0.4) is 0 Å². The predicted molar refractivity (Wildman–Crippen MR) is 226 cm³/mol. The number of hydrogen-bond acceptors (Lipinski definition) is 15. The minimum Gasteiger partial charge on any atom is -0.455 e. The molecule has 2 saturated carbocycles. The number of fused-ring (bicyclic) bond motifs is 5. The second-order valence-electron chi connectivity index (χ2n) is 17.8. The Labute approximate surface area is 374 Å². The van der Waals surface area contributed by atoms with Crippen LogP contribution in [0.4, 0.5) is 4.79 Å². The van der Waals surface area contributed by atoms with Crippen molar-refractivity contribution in [2.75, 3.05) is 6.61 Å². The van der Waals surface area contributed by atoms with Crippen molar-refractivity contribution in [2.24, 2.45) is 22.5 Å². The molecule has 0 unspecified atom stereocenters. The average molecular weight is 897 g/mol. The molecule has 3 fully saturated rings. The van der Waals surface area contributed by atoms with Gasteiger partial charge in [0.2, 0.25) is 6.10 Å². The van der Waals surface area contributed by atoms with Crippen molar-refractivity contribution in [3.63, 3.8) is 0 Å². The van der Waals surface area contributed by atoms with Crippen LogP contribution in [0.1, 0.15) is 86.7 Å². The van der Waals surface area contributed by atoms with Gasteiger partial charge in [0.25, 0.3) is 5.91 Å². The van der Waals surface area contributed by atoms with Gasteiger partial charge in [0.05, 0.1) is 29.6 Å². The Morgan fingerprint density at radius 2 is 1.42 bits per heavy atom. The summed E-state index contributed by atoms with van der Waals surface area (Å²) in [6.45, 7) is 7.82. The van der Waals surface area contributed by atoms with E-state index in [0.717, 1.165) is 13.8 Å². The number of Topliss-reactive ketones (excluding diaryl/α,β-unsaturated/α-hetero) is 1. The average Bonchev–Trinajstić information content (AvgIpc) is 3.26. The lowest BCUT2D eigenvalue weighted by molar-refractivity contribution is -0.346. The number of nitrogens with one attached hydrogen (secondary N) is 1. The molecule has 0 radical (unpaired) electrons. The van der Waals surface area contributed by atoms with E-state index in [4.69, 9.17) is 34.2 Å². The molecule has 5 N–H and O–H groups in total. The number of hydrogen-bond donors (Lipinski definition) is 4. The fraction of sp³-hybridized carbons (Fsp3) is 0.438. The Bertz CT molecular complexity index is 2410. The first kappa shape index (κ1) is 46.6. The van der Waals surface area contributed by atoms with Gasteiger partial charge in [-0.25, -0.2) is 14.4 Å².